The number of methoxy groups -OCH3 is 1. The summed E-state index contributed by atoms with van der Waals surface area (Å²) in [5, 5.41) is 0. The largest absolute Gasteiger partial charge is 0.469 e. The Morgan fingerprint density at radius 2 is 1.30 bits per heavy atom. The maximum absolute atomic E-state index is 12.2. The first-order valence-corrected chi connectivity index (χ1v) is 10.7. The minimum Gasteiger partial charge on any atom is -0.469 e. The molecule has 1 rings (SSSR count). The number of nitrogens with zero attached hydrogens (tertiary/aromatic N) is 1. The third-order valence-electron chi connectivity index (χ3n) is 5.77. The molecule has 5 heteroatoms. The number of carbonyl (C=O) groups excluding carboxylic acids is 2. The van der Waals surface area contributed by atoms with Gasteiger partial charge in [-0.3, -0.25) is 14.5 Å². The van der Waals surface area contributed by atoms with Crippen LogP contribution in [0.2, 0.25) is 0 Å². The van der Waals surface area contributed by atoms with Crippen LogP contribution in [-0.4, -0.2) is 47.7 Å². The molecule has 158 valence electrons. The zero-order chi connectivity index (χ0) is 20.5. The zero-order valence-electron chi connectivity index (χ0n) is 18.4. The molecule has 1 aliphatic rings. The van der Waals surface area contributed by atoms with Gasteiger partial charge in [-0.2, -0.15) is 0 Å². The Labute approximate surface area is 166 Å². The van der Waals surface area contributed by atoms with Crippen molar-refractivity contribution in [2.45, 2.75) is 116 Å². The topological polar surface area (TPSA) is 55.8 Å². The fraction of sp³-hybridized carbons (Fsp3) is 0.909. The van der Waals surface area contributed by atoms with E-state index in [1.54, 1.807) is 0 Å². The van der Waals surface area contributed by atoms with Crippen LogP contribution in [0.15, 0.2) is 0 Å². The molecule has 1 saturated heterocycles. The second kappa shape index (κ2) is 11.0. The Morgan fingerprint density at radius 3 is 1.74 bits per heavy atom. The van der Waals surface area contributed by atoms with Crippen LogP contribution in [0.25, 0.3) is 0 Å². The van der Waals surface area contributed by atoms with Crippen LogP contribution in [0, 0.1) is 0 Å². The van der Waals surface area contributed by atoms with E-state index in [1.165, 1.54) is 7.11 Å². The summed E-state index contributed by atoms with van der Waals surface area (Å²) in [4.78, 5) is 25.8. The van der Waals surface area contributed by atoms with E-state index in [0.717, 1.165) is 57.9 Å². The molecule has 0 bridgehead atoms. The van der Waals surface area contributed by atoms with E-state index in [1.807, 2.05) is 0 Å². The van der Waals surface area contributed by atoms with Gasteiger partial charge in [0, 0.05) is 36.8 Å². The van der Waals surface area contributed by atoms with Gasteiger partial charge in [-0.05, 0) is 47.1 Å². The van der Waals surface area contributed by atoms with Crippen molar-refractivity contribution in [3.05, 3.63) is 0 Å². The molecule has 0 spiro atoms. The summed E-state index contributed by atoms with van der Waals surface area (Å²) in [5.74, 6) is -0.184. The van der Waals surface area contributed by atoms with Crippen LogP contribution in [0.1, 0.15) is 98.8 Å². The fourth-order valence-corrected chi connectivity index (χ4v) is 4.76. The number of unbranched alkanes of at least 4 members (excludes halogenated alkanes) is 5. The van der Waals surface area contributed by atoms with Crippen LogP contribution in [-0.2, 0) is 19.1 Å². The lowest BCUT2D eigenvalue weighted by Crippen LogP contribution is -2.62. The molecule has 0 atom stereocenters. The van der Waals surface area contributed by atoms with E-state index in [9.17, 15) is 9.59 Å². The Morgan fingerprint density at radius 1 is 0.852 bits per heavy atom. The van der Waals surface area contributed by atoms with Gasteiger partial charge in [0.05, 0.1) is 7.11 Å². The highest BCUT2D eigenvalue weighted by molar-refractivity contribution is 5.69. The number of hydrogen-bond acceptors (Lipinski definition) is 5. The average molecular weight is 384 g/mol. The van der Waals surface area contributed by atoms with E-state index < -0.39 is 0 Å². The molecule has 0 amide bonds. The normalized spacial score (nSPS) is 19.6. The minimum absolute atomic E-state index is 0.0172. The van der Waals surface area contributed by atoms with Gasteiger partial charge in [0.15, 0.2) is 0 Å². The summed E-state index contributed by atoms with van der Waals surface area (Å²) in [6.07, 6.45) is 8.89. The minimum atomic E-state index is -0.131. The number of esters is 2. The van der Waals surface area contributed by atoms with Crippen LogP contribution in [0.4, 0.5) is 0 Å². The molecule has 0 aromatic rings. The van der Waals surface area contributed by atoms with E-state index >= 15 is 0 Å². The quantitative estimate of drug-likeness (QED) is 0.376. The molecule has 0 aromatic carbocycles. The molecule has 0 saturated carbocycles. The Hall–Kier alpha value is -1.10. The first kappa shape index (κ1) is 23.9. The highest BCUT2D eigenvalue weighted by Crippen LogP contribution is 2.39. The summed E-state index contributed by atoms with van der Waals surface area (Å²) < 4.78 is 10.5. The average Bonchev–Trinajstić information content (AvgIpc) is 2.54. The lowest BCUT2D eigenvalue weighted by Gasteiger charge is -2.54. The summed E-state index contributed by atoms with van der Waals surface area (Å²) in [7, 11) is 1.43. The second-order valence-corrected chi connectivity index (χ2v) is 9.09. The highest BCUT2D eigenvalue weighted by atomic mass is 16.5. The number of piperidine rings is 1. The molecule has 0 aliphatic carbocycles. The van der Waals surface area contributed by atoms with Gasteiger partial charge in [0.25, 0.3) is 0 Å². The number of hydrogen-bond donors (Lipinski definition) is 0. The molecule has 0 aromatic heterocycles. The van der Waals surface area contributed by atoms with E-state index in [2.05, 4.69) is 44.3 Å². The third-order valence-corrected chi connectivity index (χ3v) is 5.77. The molecule has 0 unspecified atom stereocenters. The lowest BCUT2D eigenvalue weighted by atomic mass is 9.78. The van der Waals surface area contributed by atoms with Crippen LogP contribution < -0.4 is 0 Å². The van der Waals surface area contributed by atoms with Crippen LogP contribution in [0.3, 0.4) is 0 Å². The van der Waals surface area contributed by atoms with Crippen molar-refractivity contribution in [1.29, 1.82) is 0 Å². The van der Waals surface area contributed by atoms with Crippen LogP contribution >= 0.6 is 0 Å². The van der Waals surface area contributed by atoms with Crippen molar-refractivity contribution in [3.8, 4) is 0 Å². The smallest absolute Gasteiger partial charge is 0.306 e. The Kier molecular flexibility index (Phi) is 9.78. The van der Waals surface area contributed by atoms with Crippen molar-refractivity contribution in [3.63, 3.8) is 0 Å². The molecule has 5 nitrogen and oxygen atoms in total. The number of rotatable bonds is 11. The Bertz CT molecular complexity index is 455. The molecule has 27 heavy (non-hydrogen) atoms. The summed E-state index contributed by atoms with van der Waals surface area (Å²) in [6, 6.07) is 0. The molecule has 0 N–H and O–H groups in total. The molecule has 1 fully saturated rings. The van der Waals surface area contributed by atoms with Gasteiger partial charge in [0.2, 0.25) is 0 Å². The van der Waals surface area contributed by atoms with E-state index in [-0.39, 0.29) is 29.1 Å². The Balaban J connectivity index is 2.21. The highest BCUT2D eigenvalue weighted by Gasteiger charge is 2.45. The summed E-state index contributed by atoms with van der Waals surface area (Å²) >= 11 is 0. The monoisotopic (exact) mass is 383 g/mol. The second-order valence-electron chi connectivity index (χ2n) is 9.09. The van der Waals surface area contributed by atoms with Crippen molar-refractivity contribution in [1.82, 2.24) is 4.90 Å². The molecular weight excluding hydrogens is 342 g/mol. The predicted molar refractivity (Wildman–Crippen MR) is 109 cm³/mol. The van der Waals surface area contributed by atoms with Crippen LogP contribution in [0.5, 0.6) is 0 Å². The summed E-state index contributed by atoms with van der Waals surface area (Å²) in [6.45, 7) is 12.2. The van der Waals surface area contributed by atoms with Crippen molar-refractivity contribution in [2.75, 3.05) is 13.7 Å². The van der Waals surface area contributed by atoms with Gasteiger partial charge >= 0.3 is 11.9 Å². The van der Waals surface area contributed by atoms with Gasteiger partial charge in [0.1, 0.15) is 6.10 Å². The molecule has 1 heterocycles. The van der Waals surface area contributed by atoms with E-state index in [0.29, 0.717) is 12.8 Å². The standard InChI is InChI=1S/C22H41NO4/c1-7-23-21(2,3)16-18(17-22(23,4)5)27-20(25)15-13-11-9-8-10-12-14-19(24)26-6/h18H,7-17H2,1-6H3. The molecular formula is C22H41NO4. The lowest BCUT2D eigenvalue weighted by molar-refractivity contribution is -0.160. The first-order chi connectivity index (χ1) is 12.6. The number of likely N-dealkylation sites (tertiary alicyclic amines) is 1. The van der Waals surface area contributed by atoms with Crippen molar-refractivity contribution in [2.24, 2.45) is 0 Å². The number of carbonyl (C=O) groups is 2. The van der Waals surface area contributed by atoms with Gasteiger partial charge < -0.3 is 9.47 Å². The first-order valence-electron chi connectivity index (χ1n) is 10.7. The predicted octanol–water partition coefficient (Wildman–Crippen LogP) is 4.86. The van der Waals surface area contributed by atoms with Gasteiger partial charge in [-0.1, -0.05) is 32.6 Å². The van der Waals surface area contributed by atoms with Gasteiger partial charge in [-0.25, -0.2) is 0 Å². The fourth-order valence-electron chi connectivity index (χ4n) is 4.76. The van der Waals surface area contributed by atoms with E-state index in [4.69, 9.17) is 4.74 Å². The maximum Gasteiger partial charge on any atom is 0.306 e. The number of ether oxygens (including phenoxy) is 2. The maximum atomic E-state index is 12.2. The SMILES string of the molecule is CCN1C(C)(C)CC(OC(=O)CCCCCCCCC(=O)OC)CC1(C)C. The molecule has 0 radical (unpaired) electrons. The van der Waals surface area contributed by atoms with Crippen molar-refractivity contribution >= 4 is 11.9 Å². The van der Waals surface area contributed by atoms with Crippen molar-refractivity contribution < 1.29 is 19.1 Å². The summed E-state index contributed by atoms with van der Waals surface area (Å²) in [5.41, 5.74) is 0.0945. The third kappa shape index (κ3) is 8.20. The van der Waals surface area contributed by atoms with Gasteiger partial charge in [-0.15, -0.1) is 0 Å². The molecule has 1 aliphatic heterocycles. The zero-order valence-corrected chi connectivity index (χ0v) is 18.4.